The van der Waals surface area contributed by atoms with Crippen LogP contribution in [0.4, 0.5) is 5.69 Å². The van der Waals surface area contributed by atoms with Crippen LogP contribution in [0.2, 0.25) is 0 Å². The third kappa shape index (κ3) is 3.24. The summed E-state index contributed by atoms with van der Waals surface area (Å²) in [4.78, 5) is 41.4. The summed E-state index contributed by atoms with van der Waals surface area (Å²) in [5.74, 6) is -0.385. The van der Waals surface area contributed by atoms with Gasteiger partial charge in [0.05, 0.1) is 11.1 Å². The molecule has 3 rings (SSSR count). The number of thioether (sulfide) groups is 1. The highest BCUT2D eigenvalue weighted by molar-refractivity contribution is 7.98. The molecule has 1 aliphatic rings. The molecule has 0 radical (unpaired) electrons. The van der Waals surface area contributed by atoms with E-state index in [0.717, 1.165) is 10.6 Å². The number of nitrogens with zero attached hydrogens (tertiary/aromatic N) is 2. The Labute approximate surface area is 157 Å². The van der Waals surface area contributed by atoms with E-state index in [2.05, 4.69) is 0 Å². The fourth-order valence-electron chi connectivity index (χ4n) is 3.09. The second kappa shape index (κ2) is 7.74. The molecule has 1 heterocycles. The number of amides is 3. The minimum Gasteiger partial charge on any atom is -0.314 e. The molecule has 2 aromatic rings. The standard InChI is InChI=1S/C20H20N2O3S/c1-21(14-8-4-3-5-9-14)20(25)17(12-13-26-2)22-18(23)15-10-6-7-11-16(15)19(22)24/h3-11,17H,12-13H2,1-2H3. The molecule has 1 aliphatic heterocycles. The first-order valence-electron chi connectivity index (χ1n) is 8.34. The molecule has 0 bridgehead atoms. The zero-order valence-corrected chi connectivity index (χ0v) is 15.5. The molecule has 0 spiro atoms. The highest BCUT2D eigenvalue weighted by Gasteiger charge is 2.43. The van der Waals surface area contributed by atoms with Crippen molar-refractivity contribution in [3.05, 3.63) is 65.7 Å². The van der Waals surface area contributed by atoms with E-state index >= 15 is 0 Å². The molecule has 0 aliphatic carbocycles. The monoisotopic (exact) mass is 368 g/mol. The quantitative estimate of drug-likeness (QED) is 0.736. The van der Waals surface area contributed by atoms with Crippen molar-refractivity contribution < 1.29 is 14.4 Å². The molecule has 1 unspecified atom stereocenters. The lowest BCUT2D eigenvalue weighted by Gasteiger charge is -2.29. The average Bonchev–Trinajstić information content (AvgIpc) is 2.93. The van der Waals surface area contributed by atoms with E-state index in [4.69, 9.17) is 0 Å². The van der Waals surface area contributed by atoms with Gasteiger partial charge in [-0.2, -0.15) is 11.8 Å². The van der Waals surface area contributed by atoms with E-state index in [1.54, 1.807) is 43.1 Å². The molecular weight excluding hydrogens is 348 g/mol. The van der Waals surface area contributed by atoms with Crippen molar-refractivity contribution in [2.75, 3.05) is 24.0 Å². The molecule has 6 heteroatoms. The molecular formula is C20H20N2O3S. The molecule has 0 fully saturated rings. The minimum atomic E-state index is -0.819. The van der Waals surface area contributed by atoms with Crippen LogP contribution in [0.3, 0.4) is 0 Å². The summed E-state index contributed by atoms with van der Waals surface area (Å²) in [6.07, 6.45) is 2.35. The Kier molecular flexibility index (Phi) is 5.42. The third-order valence-electron chi connectivity index (χ3n) is 4.49. The first-order chi connectivity index (χ1) is 12.6. The SMILES string of the molecule is CSCCC(C(=O)N(C)c1ccccc1)N1C(=O)c2ccccc2C1=O. The molecule has 134 valence electrons. The maximum atomic E-state index is 13.1. The second-order valence-corrected chi connectivity index (χ2v) is 7.04. The van der Waals surface area contributed by atoms with Crippen LogP contribution in [0.25, 0.3) is 0 Å². The number of hydrogen-bond donors (Lipinski definition) is 0. The largest absolute Gasteiger partial charge is 0.314 e. The molecule has 5 nitrogen and oxygen atoms in total. The first kappa shape index (κ1) is 18.2. The van der Waals surface area contributed by atoms with Gasteiger partial charge < -0.3 is 4.90 Å². The van der Waals surface area contributed by atoms with Gasteiger partial charge in [-0.1, -0.05) is 30.3 Å². The van der Waals surface area contributed by atoms with Crippen LogP contribution < -0.4 is 4.90 Å². The number of carbonyl (C=O) groups excluding carboxylic acids is 3. The van der Waals surface area contributed by atoms with Crippen LogP contribution in [-0.2, 0) is 4.79 Å². The van der Waals surface area contributed by atoms with E-state index in [0.29, 0.717) is 23.3 Å². The number of rotatable bonds is 6. The molecule has 26 heavy (non-hydrogen) atoms. The first-order valence-corrected chi connectivity index (χ1v) is 9.74. The number of carbonyl (C=O) groups is 3. The molecule has 0 saturated heterocycles. The van der Waals surface area contributed by atoms with Gasteiger partial charge in [-0.05, 0) is 42.7 Å². The fraction of sp³-hybridized carbons (Fsp3) is 0.250. The van der Waals surface area contributed by atoms with Gasteiger partial charge in [-0.3, -0.25) is 19.3 Å². The lowest BCUT2D eigenvalue weighted by Crippen LogP contribution is -2.50. The van der Waals surface area contributed by atoms with E-state index in [1.165, 1.54) is 4.90 Å². The average molecular weight is 368 g/mol. The highest BCUT2D eigenvalue weighted by Crippen LogP contribution is 2.27. The molecule has 1 atom stereocenters. The molecule has 0 saturated carbocycles. The lowest BCUT2D eigenvalue weighted by molar-refractivity contribution is -0.122. The molecule has 0 N–H and O–H groups in total. The zero-order valence-electron chi connectivity index (χ0n) is 14.7. The number of likely N-dealkylation sites (N-methyl/N-ethyl adjacent to an activating group) is 1. The number of anilines is 1. The Morgan fingerprint density at radius 2 is 1.54 bits per heavy atom. The van der Waals surface area contributed by atoms with Crippen LogP contribution in [0.1, 0.15) is 27.1 Å². The summed E-state index contributed by atoms with van der Waals surface area (Å²) in [5.41, 5.74) is 1.45. The van der Waals surface area contributed by atoms with Crippen LogP contribution in [0.15, 0.2) is 54.6 Å². The summed E-state index contributed by atoms with van der Waals surface area (Å²) in [5, 5.41) is 0. The van der Waals surface area contributed by atoms with Crippen LogP contribution in [0.5, 0.6) is 0 Å². The smallest absolute Gasteiger partial charge is 0.262 e. The van der Waals surface area contributed by atoms with Crippen molar-refractivity contribution >= 4 is 35.2 Å². The maximum absolute atomic E-state index is 13.1. The van der Waals surface area contributed by atoms with Crippen LogP contribution in [-0.4, -0.2) is 47.7 Å². The number of hydrogen-bond acceptors (Lipinski definition) is 4. The predicted octanol–water partition coefficient (Wildman–Crippen LogP) is 3.07. The molecule has 0 aromatic heterocycles. The number of benzene rings is 2. The summed E-state index contributed by atoms with van der Waals surface area (Å²) >= 11 is 1.58. The minimum absolute atomic E-state index is 0.264. The summed E-state index contributed by atoms with van der Waals surface area (Å²) in [7, 11) is 1.67. The normalized spacial score (nSPS) is 14.3. The molecule has 3 amide bonds. The summed E-state index contributed by atoms with van der Waals surface area (Å²) < 4.78 is 0. The van der Waals surface area contributed by atoms with Crippen molar-refractivity contribution in [3.63, 3.8) is 0 Å². The maximum Gasteiger partial charge on any atom is 0.262 e. The second-order valence-electron chi connectivity index (χ2n) is 6.06. The number of imide groups is 1. The Morgan fingerprint density at radius 3 is 2.08 bits per heavy atom. The van der Waals surface area contributed by atoms with E-state index in [9.17, 15) is 14.4 Å². The highest BCUT2D eigenvalue weighted by atomic mass is 32.2. The Hall–Kier alpha value is -2.60. The van der Waals surface area contributed by atoms with Crippen LogP contribution >= 0.6 is 11.8 Å². The van der Waals surface area contributed by atoms with Gasteiger partial charge in [0.25, 0.3) is 11.8 Å². The Bertz CT molecular complexity index is 803. The van der Waals surface area contributed by atoms with Crippen molar-refractivity contribution in [1.29, 1.82) is 0 Å². The van der Waals surface area contributed by atoms with Crippen molar-refractivity contribution in [2.45, 2.75) is 12.5 Å². The number of fused-ring (bicyclic) bond motifs is 1. The van der Waals surface area contributed by atoms with Crippen molar-refractivity contribution in [2.24, 2.45) is 0 Å². The van der Waals surface area contributed by atoms with E-state index < -0.39 is 17.9 Å². The predicted molar refractivity (Wildman–Crippen MR) is 104 cm³/mol. The lowest BCUT2D eigenvalue weighted by atomic mass is 10.1. The summed E-state index contributed by atoms with van der Waals surface area (Å²) in [6.45, 7) is 0. The number of para-hydroxylation sites is 1. The fourth-order valence-corrected chi connectivity index (χ4v) is 3.54. The van der Waals surface area contributed by atoms with Gasteiger partial charge in [0.1, 0.15) is 6.04 Å². The van der Waals surface area contributed by atoms with Crippen molar-refractivity contribution in [1.82, 2.24) is 4.90 Å². The van der Waals surface area contributed by atoms with Gasteiger partial charge in [-0.15, -0.1) is 0 Å². The topological polar surface area (TPSA) is 57.7 Å². The van der Waals surface area contributed by atoms with Gasteiger partial charge >= 0.3 is 0 Å². The Morgan fingerprint density at radius 1 is 1.00 bits per heavy atom. The van der Waals surface area contributed by atoms with Gasteiger partial charge in [0, 0.05) is 12.7 Å². The molecule has 2 aromatic carbocycles. The van der Waals surface area contributed by atoms with E-state index in [-0.39, 0.29) is 5.91 Å². The van der Waals surface area contributed by atoms with Gasteiger partial charge in [0.15, 0.2) is 0 Å². The summed E-state index contributed by atoms with van der Waals surface area (Å²) in [6, 6.07) is 15.1. The van der Waals surface area contributed by atoms with Gasteiger partial charge in [0.2, 0.25) is 5.91 Å². The van der Waals surface area contributed by atoms with E-state index in [1.807, 2.05) is 36.6 Å². The van der Waals surface area contributed by atoms with Crippen LogP contribution in [0, 0.1) is 0 Å². The third-order valence-corrected chi connectivity index (χ3v) is 5.14. The Balaban J connectivity index is 1.93. The zero-order chi connectivity index (χ0) is 18.7. The van der Waals surface area contributed by atoms with Crippen molar-refractivity contribution in [3.8, 4) is 0 Å². The van der Waals surface area contributed by atoms with Gasteiger partial charge in [-0.25, -0.2) is 0 Å².